The van der Waals surface area contributed by atoms with Gasteiger partial charge in [-0.25, -0.2) is 0 Å². The van der Waals surface area contributed by atoms with Gasteiger partial charge in [-0.15, -0.1) is 11.8 Å². The van der Waals surface area contributed by atoms with Crippen LogP contribution in [-0.4, -0.2) is 10.7 Å². The van der Waals surface area contributed by atoms with Crippen LogP contribution in [0.15, 0.2) is 52.0 Å². The van der Waals surface area contributed by atoms with Crippen LogP contribution in [0.2, 0.25) is 0 Å². The van der Waals surface area contributed by atoms with Crippen molar-refractivity contribution < 1.29 is 4.42 Å². The van der Waals surface area contributed by atoms with Crippen LogP contribution in [0.3, 0.4) is 0 Å². The van der Waals surface area contributed by atoms with Crippen LogP contribution in [0.5, 0.6) is 0 Å². The summed E-state index contributed by atoms with van der Waals surface area (Å²) >= 11 is 1.79. The number of aryl methyl sites for hydroxylation is 1. The topological polar surface area (TPSA) is 26.0 Å². The summed E-state index contributed by atoms with van der Waals surface area (Å²) < 4.78 is 5.95. The van der Waals surface area contributed by atoms with Crippen molar-refractivity contribution in [2.24, 2.45) is 0 Å². The standard InChI is InChI=1S/C16H15NOS/c1-3-19-16-10-17-7-6-13(16)15-9-12-8-11(2)4-5-14(12)18-15/h4-10H,3H2,1-2H3. The predicted molar refractivity (Wildman–Crippen MR) is 80.6 cm³/mol. The van der Waals surface area contributed by atoms with Crippen LogP contribution in [0.25, 0.3) is 22.3 Å². The van der Waals surface area contributed by atoms with Crippen LogP contribution in [0.1, 0.15) is 12.5 Å². The minimum absolute atomic E-state index is 0.916. The Labute approximate surface area is 116 Å². The maximum Gasteiger partial charge on any atom is 0.136 e. The first-order chi connectivity index (χ1) is 9.28. The van der Waals surface area contributed by atoms with E-state index in [2.05, 4.69) is 37.0 Å². The molecule has 0 fully saturated rings. The second-order valence-electron chi connectivity index (χ2n) is 4.46. The number of pyridine rings is 1. The second-order valence-corrected chi connectivity index (χ2v) is 5.76. The third-order valence-corrected chi connectivity index (χ3v) is 3.95. The highest BCUT2D eigenvalue weighted by Crippen LogP contribution is 2.34. The molecule has 0 bridgehead atoms. The molecule has 1 aromatic carbocycles. The molecule has 0 amide bonds. The fourth-order valence-electron chi connectivity index (χ4n) is 2.15. The highest BCUT2D eigenvalue weighted by atomic mass is 32.2. The lowest BCUT2D eigenvalue weighted by atomic mass is 10.1. The first kappa shape index (κ1) is 12.3. The van der Waals surface area contributed by atoms with Crippen LogP contribution in [0.4, 0.5) is 0 Å². The molecule has 0 aliphatic heterocycles. The van der Waals surface area contributed by atoms with E-state index >= 15 is 0 Å². The van der Waals surface area contributed by atoms with Gasteiger partial charge in [0.05, 0.1) is 0 Å². The largest absolute Gasteiger partial charge is 0.456 e. The molecule has 0 radical (unpaired) electrons. The zero-order valence-electron chi connectivity index (χ0n) is 11.0. The lowest BCUT2D eigenvalue weighted by Crippen LogP contribution is -1.82. The molecule has 3 heteroatoms. The number of nitrogens with zero attached hydrogens (tertiary/aromatic N) is 1. The van der Waals surface area contributed by atoms with Crippen LogP contribution in [-0.2, 0) is 0 Å². The molecule has 19 heavy (non-hydrogen) atoms. The molecular formula is C16H15NOS. The van der Waals surface area contributed by atoms with Gasteiger partial charge in [0.15, 0.2) is 0 Å². The van der Waals surface area contributed by atoms with E-state index in [1.165, 1.54) is 10.5 Å². The number of fused-ring (bicyclic) bond motifs is 1. The zero-order chi connectivity index (χ0) is 13.2. The maximum absolute atomic E-state index is 5.95. The summed E-state index contributed by atoms with van der Waals surface area (Å²) in [5.74, 6) is 1.94. The molecule has 0 atom stereocenters. The van der Waals surface area contributed by atoms with E-state index in [9.17, 15) is 0 Å². The summed E-state index contributed by atoms with van der Waals surface area (Å²) in [6.07, 6.45) is 3.72. The van der Waals surface area contributed by atoms with Gasteiger partial charge in [-0.2, -0.15) is 0 Å². The summed E-state index contributed by atoms with van der Waals surface area (Å²) in [6.45, 7) is 4.24. The Morgan fingerprint density at radius 1 is 1.21 bits per heavy atom. The fourth-order valence-corrected chi connectivity index (χ4v) is 2.92. The summed E-state index contributed by atoms with van der Waals surface area (Å²) in [4.78, 5) is 5.36. The predicted octanol–water partition coefficient (Wildman–Crippen LogP) is 4.92. The Bertz CT molecular complexity index is 718. The Morgan fingerprint density at radius 3 is 2.95 bits per heavy atom. The first-order valence-corrected chi connectivity index (χ1v) is 7.34. The van der Waals surface area contributed by atoms with E-state index in [0.717, 1.165) is 28.0 Å². The first-order valence-electron chi connectivity index (χ1n) is 6.35. The molecule has 2 heterocycles. The highest BCUT2D eigenvalue weighted by Gasteiger charge is 2.10. The van der Waals surface area contributed by atoms with Gasteiger partial charge in [0.2, 0.25) is 0 Å². The van der Waals surface area contributed by atoms with Gasteiger partial charge in [-0.1, -0.05) is 18.6 Å². The van der Waals surface area contributed by atoms with Gasteiger partial charge in [0.25, 0.3) is 0 Å². The van der Waals surface area contributed by atoms with Crippen LogP contribution >= 0.6 is 11.8 Å². The zero-order valence-corrected chi connectivity index (χ0v) is 11.8. The number of hydrogen-bond donors (Lipinski definition) is 0. The molecule has 0 N–H and O–H groups in total. The number of aromatic nitrogens is 1. The van der Waals surface area contributed by atoms with E-state index in [1.54, 1.807) is 11.8 Å². The van der Waals surface area contributed by atoms with Crippen molar-refractivity contribution in [3.63, 3.8) is 0 Å². The Hall–Kier alpha value is -1.74. The average molecular weight is 269 g/mol. The molecule has 0 aliphatic rings. The summed E-state index contributed by atoms with van der Waals surface area (Å²) in [5, 5.41) is 1.15. The molecule has 3 aromatic rings. The maximum atomic E-state index is 5.95. The van der Waals surface area contributed by atoms with Crippen molar-refractivity contribution in [3.05, 3.63) is 48.3 Å². The molecule has 0 aliphatic carbocycles. The number of thioether (sulfide) groups is 1. The van der Waals surface area contributed by atoms with Gasteiger partial charge in [0.1, 0.15) is 11.3 Å². The molecule has 0 unspecified atom stereocenters. The molecule has 3 rings (SSSR count). The Morgan fingerprint density at radius 2 is 2.11 bits per heavy atom. The Kier molecular flexibility index (Phi) is 3.30. The van der Waals surface area contributed by atoms with Crippen molar-refractivity contribution in [3.8, 4) is 11.3 Å². The fraction of sp³-hybridized carbons (Fsp3) is 0.188. The van der Waals surface area contributed by atoms with Crippen LogP contribution < -0.4 is 0 Å². The molecule has 2 aromatic heterocycles. The van der Waals surface area contributed by atoms with Crippen LogP contribution in [0, 0.1) is 6.92 Å². The van der Waals surface area contributed by atoms with Gasteiger partial charge in [-0.3, -0.25) is 4.98 Å². The molecule has 0 saturated heterocycles. The summed E-state index contributed by atoms with van der Waals surface area (Å²) in [7, 11) is 0. The number of benzene rings is 1. The van der Waals surface area contributed by atoms with Gasteiger partial charge < -0.3 is 4.42 Å². The van der Waals surface area contributed by atoms with Gasteiger partial charge >= 0.3 is 0 Å². The smallest absolute Gasteiger partial charge is 0.136 e. The van der Waals surface area contributed by atoms with Gasteiger partial charge in [-0.05, 0) is 36.9 Å². The monoisotopic (exact) mass is 269 g/mol. The van der Waals surface area contributed by atoms with E-state index in [1.807, 2.05) is 24.5 Å². The minimum Gasteiger partial charge on any atom is -0.456 e. The summed E-state index contributed by atoms with van der Waals surface area (Å²) in [6, 6.07) is 10.4. The number of hydrogen-bond acceptors (Lipinski definition) is 3. The van der Waals surface area contributed by atoms with Gasteiger partial charge in [0, 0.05) is 28.2 Å². The molecule has 0 saturated carbocycles. The van der Waals surface area contributed by atoms with Crippen molar-refractivity contribution in [2.75, 3.05) is 5.75 Å². The average Bonchev–Trinajstić information content (AvgIpc) is 2.82. The quantitative estimate of drug-likeness (QED) is 0.631. The molecule has 2 nitrogen and oxygen atoms in total. The van der Waals surface area contributed by atoms with E-state index in [-0.39, 0.29) is 0 Å². The third kappa shape index (κ3) is 2.38. The third-order valence-electron chi connectivity index (χ3n) is 3.02. The normalized spacial score (nSPS) is 11.1. The van der Waals surface area contributed by atoms with Crippen molar-refractivity contribution >= 4 is 22.7 Å². The molecular weight excluding hydrogens is 254 g/mol. The number of rotatable bonds is 3. The highest BCUT2D eigenvalue weighted by molar-refractivity contribution is 7.99. The molecule has 96 valence electrons. The van der Waals surface area contributed by atoms with Crippen molar-refractivity contribution in [2.45, 2.75) is 18.7 Å². The van der Waals surface area contributed by atoms with Crippen molar-refractivity contribution in [1.82, 2.24) is 4.98 Å². The van der Waals surface area contributed by atoms with E-state index in [0.29, 0.717) is 0 Å². The number of furan rings is 1. The Balaban J connectivity index is 2.13. The SMILES string of the molecule is CCSc1cnccc1-c1cc2cc(C)ccc2o1. The summed E-state index contributed by atoms with van der Waals surface area (Å²) in [5.41, 5.74) is 3.30. The van der Waals surface area contributed by atoms with Crippen molar-refractivity contribution in [1.29, 1.82) is 0 Å². The molecule has 0 spiro atoms. The lowest BCUT2D eigenvalue weighted by molar-refractivity contribution is 0.629. The van der Waals surface area contributed by atoms with E-state index < -0.39 is 0 Å². The minimum atomic E-state index is 0.916. The lowest BCUT2D eigenvalue weighted by Gasteiger charge is -2.03. The second kappa shape index (κ2) is 5.10. The van der Waals surface area contributed by atoms with E-state index in [4.69, 9.17) is 4.42 Å².